The highest BCUT2D eigenvalue weighted by Crippen LogP contribution is 2.66. The van der Waals surface area contributed by atoms with Gasteiger partial charge in [-0.25, -0.2) is 0 Å². The fourth-order valence-corrected chi connectivity index (χ4v) is 12.3. The van der Waals surface area contributed by atoms with Crippen LogP contribution in [-0.4, -0.2) is 0 Å². The molecular weight excluding hydrogens is 841 g/mol. The Morgan fingerprint density at radius 1 is 0.257 bits per heavy atom. The van der Waals surface area contributed by atoms with Crippen molar-refractivity contribution in [3.63, 3.8) is 0 Å². The molecule has 0 fully saturated rings. The fourth-order valence-electron chi connectivity index (χ4n) is 12.3. The molecular formula is C70H66. The molecule has 4 aliphatic rings. The molecule has 0 bridgehead atoms. The van der Waals surface area contributed by atoms with Gasteiger partial charge in [-0.1, -0.05) is 241 Å². The Hall–Kier alpha value is -6.76. The van der Waals surface area contributed by atoms with E-state index in [0.717, 1.165) is 0 Å². The Morgan fingerprint density at radius 2 is 0.571 bits per heavy atom. The Labute approximate surface area is 417 Å². The van der Waals surface area contributed by atoms with Crippen LogP contribution < -0.4 is 0 Å². The lowest BCUT2D eigenvalue weighted by Crippen LogP contribution is -2.17. The molecule has 4 aliphatic carbocycles. The van der Waals surface area contributed by atoms with Crippen molar-refractivity contribution >= 4 is 43.8 Å². The standard InChI is InChI=1S/C70H66/c1-67(2,3)45-33-43(34-46(37-45)68(4,5)6)61-51-25-19-20-26-52(51)62(44-35-47(69(7,8)9)38-48(36-44)70(10,11)12)60-40-58-54-30-32-56-64-50(42-23-17-14-18-24-42)28-27-49(41-21-15-13-16-22-41)63(64)55-31-29-53(65(54)66(55)56)57(58)39-59(60)61/h13-40,65-66H,1-12H3. The van der Waals surface area contributed by atoms with Crippen LogP contribution in [0.1, 0.15) is 128 Å². The van der Waals surface area contributed by atoms with Crippen LogP contribution in [0.2, 0.25) is 0 Å². The number of rotatable bonds is 4. The third-order valence-electron chi connectivity index (χ3n) is 16.2. The van der Waals surface area contributed by atoms with Gasteiger partial charge in [-0.2, -0.15) is 0 Å². The van der Waals surface area contributed by atoms with Crippen LogP contribution in [0, 0.1) is 11.8 Å². The van der Waals surface area contributed by atoms with Crippen molar-refractivity contribution < 1.29 is 0 Å². The molecule has 346 valence electrons. The molecule has 0 spiro atoms. The first-order valence-corrected chi connectivity index (χ1v) is 25.7. The fraction of sp³-hybridized carbons (Fsp3) is 0.257. The quantitative estimate of drug-likeness (QED) is 0.154. The Balaban J connectivity index is 1.18. The first-order chi connectivity index (χ1) is 33.3. The first-order valence-electron chi connectivity index (χ1n) is 25.7. The van der Waals surface area contributed by atoms with E-state index in [0.29, 0.717) is 0 Å². The van der Waals surface area contributed by atoms with Crippen LogP contribution in [0.5, 0.6) is 0 Å². The monoisotopic (exact) mass is 907 g/mol. The minimum atomic E-state index is -0.0248. The van der Waals surface area contributed by atoms with Crippen molar-refractivity contribution in [2.75, 3.05) is 0 Å². The van der Waals surface area contributed by atoms with E-state index in [4.69, 9.17) is 0 Å². The highest BCUT2D eigenvalue weighted by molar-refractivity contribution is 6.24. The molecule has 8 aromatic carbocycles. The number of benzene rings is 8. The van der Waals surface area contributed by atoms with Gasteiger partial charge in [0.2, 0.25) is 0 Å². The third-order valence-corrected chi connectivity index (χ3v) is 16.2. The smallest absolute Gasteiger partial charge is 0.0212 e. The molecule has 0 heteroatoms. The maximum absolute atomic E-state index is 2.63. The summed E-state index contributed by atoms with van der Waals surface area (Å²) in [5.41, 5.74) is 27.2. The highest BCUT2D eigenvalue weighted by Gasteiger charge is 2.49. The zero-order valence-electron chi connectivity index (χ0n) is 43.3. The Morgan fingerprint density at radius 3 is 0.914 bits per heavy atom. The van der Waals surface area contributed by atoms with Gasteiger partial charge in [0, 0.05) is 11.8 Å². The van der Waals surface area contributed by atoms with Gasteiger partial charge in [0.1, 0.15) is 0 Å². The zero-order chi connectivity index (χ0) is 48.8. The second-order valence-corrected chi connectivity index (χ2v) is 24.9. The molecule has 0 saturated carbocycles. The van der Waals surface area contributed by atoms with E-state index in [-0.39, 0.29) is 33.5 Å². The van der Waals surface area contributed by atoms with E-state index < -0.39 is 0 Å². The summed E-state index contributed by atoms with van der Waals surface area (Å²) >= 11 is 0. The summed E-state index contributed by atoms with van der Waals surface area (Å²) in [5.74, 6) is 0.452. The van der Waals surface area contributed by atoms with Gasteiger partial charge in [0.25, 0.3) is 0 Å². The zero-order valence-corrected chi connectivity index (χ0v) is 43.3. The van der Waals surface area contributed by atoms with Gasteiger partial charge in [0.15, 0.2) is 0 Å². The third kappa shape index (κ3) is 6.92. The Kier molecular flexibility index (Phi) is 9.76. The molecule has 0 N–H and O–H groups in total. The molecule has 0 saturated heterocycles. The van der Waals surface area contributed by atoms with Crippen LogP contribution in [-0.2, 0) is 21.7 Å². The summed E-state index contributed by atoms with van der Waals surface area (Å²) in [5, 5.41) is 5.27. The average Bonchev–Trinajstić information content (AvgIpc) is 3.83. The van der Waals surface area contributed by atoms with Gasteiger partial charge in [-0.15, -0.1) is 0 Å². The molecule has 0 aliphatic heterocycles. The van der Waals surface area contributed by atoms with Gasteiger partial charge in [-0.3, -0.25) is 0 Å². The number of allylic oxidation sites excluding steroid dienone is 8. The molecule has 0 nitrogen and oxygen atoms in total. The Bertz CT molecular complexity index is 3340. The summed E-state index contributed by atoms with van der Waals surface area (Å²) < 4.78 is 0. The van der Waals surface area contributed by atoms with Crippen LogP contribution in [0.3, 0.4) is 0 Å². The summed E-state index contributed by atoms with van der Waals surface area (Å²) in [4.78, 5) is 0. The summed E-state index contributed by atoms with van der Waals surface area (Å²) in [6.07, 6.45) is 10.0. The summed E-state index contributed by atoms with van der Waals surface area (Å²) in [7, 11) is 0. The predicted molar refractivity (Wildman–Crippen MR) is 303 cm³/mol. The minimum absolute atomic E-state index is 0.0248. The number of hydrogen-bond acceptors (Lipinski definition) is 0. The second kappa shape index (κ2) is 15.4. The second-order valence-electron chi connectivity index (χ2n) is 24.9. The summed E-state index contributed by atoms with van der Waals surface area (Å²) in [6, 6.07) is 56.4. The molecule has 0 unspecified atom stereocenters. The van der Waals surface area contributed by atoms with Crippen LogP contribution in [0.4, 0.5) is 0 Å². The van der Waals surface area contributed by atoms with Gasteiger partial charge in [0.05, 0.1) is 0 Å². The molecule has 8 aromatic rings. The first kappa shape index (κ1) is 44.4. The van der Waals surface area contributed by atoms with Crippen molar-refractivity contribution in [2.45, 2.75) is 105 Å². The van der Waals surface area contributed by atoms with E-state index in [9.17, 15) is 0 Å². The normalized spacial score (nSPS) is 17.2. The van der Waals surface area contributed by atoms with E-state index >= 15 is 0 Å². The van der Waals surface area contributed by atoms with E-state index in [1.54, 1.807) is 0 Å². The van der Waals surface area contributed by atoms with E-state index in [1.165, 1.54) is 133 Å². The topological polar surface area (TPSA) is 0 Å². The van der Waals surface area contributed by atoms with E-state index in [2.05, 4.69) is 253 Å². The average molecular weight is 907 g/mol. The predicted octanol–water partition coefficient (Wildman–Crippen LogP) is 19.4. The van der Waals surface area contributed by atoms with Crippen LogP contribution in [0.25, 0.3) is 88.3 Å². The lowest BCUT2D eigenvalue weighted by Gasteiger charge is -2.31. The summed E-state index contributed by atoms with van der Waals surface area (Å²) in [6.45, 7) is 28.4. The number of hydrogen-bond donors (Lipinski definition) is 0. The van der Waals surface area contributed by atoms with Gasteiger partial charge in [-0.05, 0) is 167 Å². The molecule has 12 rings (SSSR count). The van der Waals surface area contributed by atoms with Crippen molar-refractivity contribution in [3.05, 3.63) is 214 Å². The van der Waals surface area contributed by atoms with Crippen molar-refractivity contribution in [1.82, 2.24) is 0 Å². The molecule has 0 radical (unpaired) electrons. The molecule has 0 aromatic heterocycles. The molecule has 0 atom stereocenters. The molecule has 0 amide bonds. The van der Waals surface area contributed by atoms with Crippen LogP contribution in [0.15, 0.2) is 170 Å². The van der Waals surface area contributed by atoms with Crippen LogP contribution >= 0.6 is 0 Å². The highest BCUT2D eigenvalue weighted by atomic mass is 14.5. The minimum Gasteiger partial charge on any atom is -0.0622 e. The van der Waals surface area contributed by atoms with Crippen molar-refractivity contribution in [1.29, 1.82) is 0 Å². The van der Waals surface area contributed by atoms with Crippen molar-refractivity contribution in [3.8, 4) is 44.5 Å². The maximum atomic E-state index is 2.63. The van der Waals surface area contributed by atoms with Gasteiger partial charge < -0.3 is 0 Å². The van der Waals surface area contributed by atoms with Crippen molar-refractivity contribution in [2.24, 2.45) is 11.8 Å². The van der Waals surface area contributed by atoms with Gasteiger partial charge >= 0.3 is 0 Å². The largest absolute Gasteiger partial charge is 0.0622 e. The molecule has 70 heavy (non-hydrogen) atoms. The van der Waals surface area contributed by atoms with E-state index in [1.807, 2.05) is 0 Å². The maximum Gasteiger partial charge on any atom is 0.0212 e. The number of fused-ring (bicyclic) bond motifs is 8. The SMILES string of the molecule is CC(C)(C)c1cc(-c2c3ccccc3c(-c3cc(C(C)(C)C)cc(C(C)(C)C)c3)c3cc4c(cc23)C2=CC=C3c5c(-c6ccccc6)ccc(-c6ccccc6)c5C5=CC=C4C2C35)cc(C(C)(C)C)c1. The lowest BCUT2D eigenvalue weighted by atomic mass is 9.72. The molecule has 0 heterocycles. The lowest BCUT2D eigenvalue weighted by molar-refractivity contribution is 0.568.